The second kappa shape index (κ2) is 8.28. The highest BCUT2D eigenvalue weighted by Crippen LogP contribution is 2.55. The van der Waals surface area contributed by atoms with Crippen molar-refractivity contribution in [3.05, 3.63) is 41.9 Å². The predicted molar refractivity (Wildman–Crippen MR) is 125 cm³/mol. The number of carbonyl (C=O) groups is 1. The second-order valence-corrected chi connectivity index (χ2v) is 11.4. The fourth-order valence-electron chi connectivity index (χ4n) is 6.32. The summed E-state index contributed by atoms with van der Waals surface area (Å²) in [5.74, 6) is 3.31. The molecule has 1 atom stereocenters. The molecule has 6 rings (SSSR count). The first kappa shape index (κ1) is 21.1. The van der Waals surface area contributed by atoms with Crippen molar-refractivity contribution in [3.63, 3.8) is 0 Å². The maximum atomic E-state index is 13.2. The van der Waals surface area contributed by atoms with Gasteiger partial charge in [0.05, 0.1) is 5.25 Å². The Bertz CT molecular complexity index is 951. The van der Waals surface area contributed by atoms with Crippen molar-refractivity contribution >= 4 is 29.3 Å². The topological polar surface area (TPSA) is 59.8 Å². The Morgan fingerprint density at radius 3 is 2.42 bits per heavy atom. The van der Waals surface area contributed by atoms with E-state index in [4.69, 9.17) is 11.6 Å². The molecule has 4 aliphatic rings. The smallest absolute Gasteiger partial charge is 0.233 e. The van der Waals surface area contributed by atoms with E-state index in [1.807, 2.05) is 41.8 Å². The molecular formula is C24H29ClN4OS. The average molecular weight is 457 g/mol. The van der Waals surface area contributed by atoms with Crippen LogP contribution in [-0.4, -0.2) is 31.5 Å². The number of nitrogens with one attached hydrogen (secondary N) is 1. The minimum atomic E-state index is -0.237. The lowest BCUT2D eigenvalue weighted by Gasteiger charge is -2.57. The van der Waals surface area contributed by atoms with Crippen LogP contribution < -0.4 is 5.32 Å². The molecule has 4 bridgehead atoms. The zero-order chi connectivity index (χ0) is 21.6. The molecule has 0 saturated heterocycles. The van der Waals surface area contributed by atoms with Crippen molar-refractivity contribution in [2.45, 2.75) is 67.9 Å². The van der Waals surface area contributed by atoms with E-state index in [-0.39, 0.29) is 16.7 Å². The number of hydrogen-bond donors (Lipinski definition) is 1. The first-order valence-corrected chi connectivity index (χ1v) is 12.5. The quantitative estimate of drug-likeness (QED) is 0.450. The second-order valence-electron chi connectivity index (χ2n) is 9.66. The Morgan fingerprint density at radius 2 is 1.84 bits per heavy atom. The molecule has 0 aliphatic heterocycles. The summed E-state index contributed by atoms with van der Waals surface area (Å²) in [7, 11) is 0. The maximum Gasteiger partial charge on any atom is 0.233 e. The third-order valence-electron chi connectivity index (χ3n) is 7.21. The molecule has 31 heavy (non-hydrogen) atoms. The standard InChI is InChI=1S/C24H29ClN4OS/c1-3-8-29-21(19-4-6-20(25)7-5-19)27-28-23(29)31-15(2)22(30)26-24-12-16-9-17(13-24)11-18(10-16)14-24/h3-7,15-18H,1,8-14H2,2H3,(H,26,30). The van der Waals surface area contributed by atoms with Crippen LogP contribution in [0.4, 0.5) is 0 Å². The molecule has 7 heteroatoms. The summed E-state index contributed by atoms with van der Waals surface area (Å²) >= 11 is 7.50. The minimum Gasteiger partial charge on any atom is -0.350 e. The van der Waals surface area contributed by atoms with E-state index in [1.54, 1.807) is 0 Å². The molecule has 0 spiro atoms. The Labute approximate surface area is 193 Å². The van der Waals surface area contributed by atoms with Gasteiger partial charge in [-0.05, 0) is 87.5 Å². The van der Waals surface area contributed by atoms with Crippen LogP contribution >= 0.6 is 23.4 Å². The third-order valence-corrected chi connectivity index (χ3v) is 8.54. The molecule has 4 fully saturated rings. The van der Waals surface area contributed by atoms with Crippen LogP contribution in [-0.2, 0) is 11.3 Å². The van der Waals surface area contributed by atoms with Gasteiger partial charge in [0.15, 0.2) is 11.0 Å². The van der Waals surface area contributed by atoms with E-state index in [1.165, 1.54) is 31.0 Å². The largest absolute Gasteiger partial charge is 0.350 e. The highest BCUT2D eigenvalue weighted by molar-refractivity contribution is 8.00. The number of amides is 1. The Hall–Kier alpha value is -1.79. The molecular weight excluding hydrogens is 428 g/mol. The predicted octanol–water partition coefficient (Wildman–Crippen LogP) is 5.35. The van der Waals surface area contributed by atoms with E-state index in [0.29, 0.717) is 11.6 Å². The molecule has 1 unspecified atom stereocenters. The van der Waals surface area contributed by atoms with Crippen molar-refractivity contribution < 1.29 is 4.79 Å². The highest BCUT2D eigenvalue weighted by atomic mass is 35.5. The molecule has 1 N–H and O–H groups in total. The van der Waals surface area contributed by atoms with Crippen molar-refractivity contribution in [1.82, 2.24) is 20.1 Å². The molecule has 1 aromatic heterocycles. The number of hydrogen-bond acceptors (Lipinski definition) is 4. The molecule has 4 saturated carbocycles. The van der Waals surface area contributed by atoms with Crippen molar-refractivity contribution in [1.29, 1.82) is 0 Å². The van der Waals surface area contributed by atoms with Gasteiger partial charge in [0.1, 0.15) is 0 Å². The van der Waals surface area contributed by atoms with Gasteiger partial charge < -0.3 is 5.32 Å². The molecule has 2 aromatic rings. The average Bonchev–Trinajstić information content (AvgIpc) is 3.10. The molecule has 1 amide bonds. The van der Waals surface area contributed by atoms with Gasteiger partial charge in [0.2, 0.25) is 5.91 Å². The van der Waals surface area contributed by atoms with Gasteiger partial charge >= 0.3 is 0 Å². The van der Waals surface area contributed by atoms with Gasteiger partial charge in [-0.15, -0.1) is 16.8 Å². The van der Waals surface area contributed by atoms with Gasteiger partial charge in [-0.1, -0.05) is 29.4 Å². The van der Waals surface area contributed by atoms with Crippen LogP contribution in [0.25, 0.3) is 11.4 Å². The van der Waals surface area contributed by atoms with Crippen LogP contribution in [0.3, 0.4) is 0 Å². The van der Waals surface area contributed by atoms with Crippen molar-refractivity contribution in [2.24, 2.45) is 17.8 Å². The Morgan fingerprint density at radius 1 is 1.23 bits per heavy atom. The molecule has 0 radical (unpaired) electrons. The summed E-state index contributed by atoms with van der Waals surface area (Å²) in [6, 6.07) is 7.56. The Balaban J connectivity index is 1.31. The molecule has 1 heterocycles. The lowest BCUT2D eigenvalue weighted by Crippen LogP contribution is -2.60. The summed E-state index contributed by atoms with van der Waals surface area (Å²) in [6.07, 6.45) is 9.43. The number of nitrogens with zero attached hydrogens (tertiary/aromatic N) is 3. The SMILES string of the molecule is C=CCn1c(SC(C)C(=O)NC23CC4CC(CC(C4)C2)C3)nnc1-c1ccc(Cl)cc1. The normalized spacial score (nSPS) is 29.7. The zero-order valence-corrected chi connectivity index (χ0v) is 19.5. The first-order chi connectivity index (χ1) is 14.9. The highest BCUT2D eigenvalue weighted by Gasteiger charge is 2.51. The monoisotopic (exact) mass is 456 g/mol. The summed E-state index contributed by atoms with van der Waals surface area (Å²) in [6.45, 7) is 6.42. The molecule has 4 aliphatic carbocycles. The molecule has 164 valence electrons. The number of halogens is 1. The number of carbonyl (C=O) groups excluding carboxylic acids is 1. The van der Waals surface area contributed by atoms with E-state index < -0.39 is 0 Å². The van der Waals surface area contributed by atoms with Crippen LogP contribution in [0, 0.1) is 17.8 Å². The van der Waals surface area contributed by atoms with E-state index in [9.17, 15) is 4.79 Å². The third kappa shape index (κ3) is 4.17. The molecule has 1 aromatic carbocycles. The van der Waals surface area contributed by atoms with Gasteiger partial charge in [0, 0.05) is 22.7 Å². The van der Waals surface area contributed by atoms with E-state index in [2.05, 4.69) is 22.1 Å². The summed E-state index contributed by atoms with van der Waals surface area (Å²) in [5, 5.41) is 13.5. The number of benzene rings is 1. The number of rotatable bonds is 7. The van der Waals surface area contributed by atoms with Crippen molar-refractivity contribution in [3.8, 4) is 11.4 Å². The fourth-order valence-corrected chi connectivity index (χ4v) is 7.30. The van der Waals surface area contributed by atoms with Gasteiger partial charge in [-0.3, -0.25) is 9.36 Å². The van der Waals surface area contributed by atoms with Gasteiger partial charge in [-0.25, -0.2) is 0 Å². The summed E-state index contributed by atoms with van der Waals surface area (Å²) < 4.78 is 2.01. The minimum absolute atomic E-state index is 0.0317. The number of allylic oxidation sites excluding steroid dienone is 1. The van der Waals surface area contributed by atoms with Crippen LogP contribution in [0.15, 0.2) is 42.1 Å². The van der Waals surface area contributed by atoms with Crippen LogP contribution in [0.2, 0.25) is 5.02 Å². The maximum absolute atomic E-state index is 13.2. The van der Waals surface area contributed by atoms with E-state index in [0.717, 1.165) is 53.6 Å². The zero-order valence-electron chi connectivity index (χ0n) is 17.9. The lowest BCUT2D eigenvalue weighted by molar-refractivity contribution is -0.126. The van der Waals surface area contributed by atoms with E-state index >= 15 is 0 Å². The molecule has 5 nitrogen and oxygen atoms in total. The Kier molecular flexibility index (Phi) is 5.63. The van der Waals surface area contributed by atoms with Gasteiger partial charge in [-0.2, -0.15) is 0 Å². The number of thioether (sulfide) groups is 1. The summed E-state index contributed by atoms with van der Waals surface area (Å²) in [5.41, 5.74) is 0.973. The summed E-state index contributed by atoms with van der Waals surface area (Å²) in [4.78, 5) is 13.2. The lowest BCUT2D eigenvalue weighted by atomic mass is 9.53. The number of aromatic nitrogens is 3. The van der Waals surface area contributed by atoms with Crippen LogP contribution in [0.1, 0.15) is 45.4 Å². The van der Waals surface area contributed by atoms with Gasteiger partial charge in [0.25, 0.3) is 0 Å². The van der Waals surface area contributed by atoms with Crippen LogP contribution in [0.5, 0.6) is 0 Å². The fraction of sp³-hybridized carbons (Fsp3) is 0.542. The van der Waals surface area contributed by atoms with Crippen molar-refractivity contribution in [2.75, 3.05) is 0 Å². The first-order valence-electron chi connectivity index (χ1n) is 11.2.